The summed E-state index contributed by atoms with van der Waals surface area (Å²) in [5, 5.41) is 17.8. The number of ether oxygens (including phenoxy) is 1. The highest BCUT2D eigenvalue weighted by Crippen LogP contribution is 2.18. The van der Waals surface area contributed by atoms with Crippen molar-refractivity contribution in [2.75, 3.05) is 0 Å². The first-order valence-electron chi connectivity index (χ1n) is 3.24. The minimum Gasteiger partial charge on any atom is -0.458 e. The molecule has 1 aliphatic rings. The van der Waals surface area contributed by atoms with Gasteiger partial charge in [-0.05, 0) is 6.92 Å². The van der Waals surface area contributed by atoms with Crippen LogP contribution in [0.15, 0.2) is 0 Å². The van der Waals surface area contributed by atoms with E-state index in [2.05, 4.69) is 4.74 Å². The van der Waals surface area contributed by atoms with Crippen LogP contribution in [-0.2, 0) is 9.53 Å². The van der Waals surface area contributed by atoms with Gasteiger partial charge in [0.05, 0.1) is 0 Å². The van der Waals surface area contributed by atoms with Crippen LogP contribution >= 0.6 is 0 Å². The number of aliphatic hydroxyl groups is 2. The van der Waals surface area contributed by atoms with E-state index in [1.54, 1.807) is 0 Å². The Hall–Kier alpha value is -0.680. The smallest absolute Gasteiger partial charge is 0.343 e. The molecule has 1 saturated heterocycles. The summed E-state index contributed by atoms with van der Waals surface area (Å²) in [6, 6.07) is 0. The first kappa shape index (κ1) is 8.42. The van der Waals surface area contributed by atoms with Gasteiger partial charge in [-0.1, -0.05) is 0 Å². The molecule has 2 N–H and O–H groups in total. The van der Waals surface area contributed by atoms with Crippen LogP contribution in [0.5, 0.6) is 0 Å². The summed E-state index contributed by atoms with van der Waals surface area (Å²) in [5.74, 6) is -1.12. The molecule has 0 spiro atoms. The van der Waals surface area contributed by atoms with Crippen LogP contribution < -0.4 is 0 Å². The first-order chi connectivity index (χ1) is 5.04. The number of carbonyl (C=O) groups is 1. The second kappa shape index (κ2) is 2.75. The van der Waals surface area contributed by atoms with Crippen LogP contribution in [0.4, 0.5) is 4.39 Å². The second-order valence-corrected chi connectivity index (χ2v) is 2.52. The minimum absolute atomic E-state index is 0.843. The van der Waals surface area contributed by atoms with E-state index >= 15 is 0 Å². The molecule has 11 heavy (non-hydrogen) atoms. The quantitative estimate of drug-likeness (QED) is 0.450. The second-order valence-electron chi connectivity index (χ2n) is 2.52. The van der Waals surface area contributed by atoms with Crippen molar-refractivity contribution in [3.8, 4) is 0 Å². The molecule has 5 heteroatoms. The summed E-state index contributed by atoms with van der Waals surface area (Å²) in [6.07, 6.45) is -5.96. The number of hydrogen-bond donors (Lipinski definition) is 2. The summed E-state index contributed by atoms with van der Waals surface area (Å²) in [5.41, 5.74) is 0. The lowest BCUT2D eigenvalue weighted by Gasteiger charge is -2.30. The fraction of sp³-hybridized carbons (Fsp3) is 0.833. The van der Waals surface area contributed by atoms with Crippen LogP contribution in [0.2, 0.25) is 0 Å². The molecule has 64 valence electrons. The summed E-state index contributed by atoms with van der Waals surface area (Å²) in [6.45, 7) is 1.39. The van der Waals surface area contributed by atoms with Gasteiger partial charge >= 0.3 is 5.97 Å². The fourth-order valence-electron chi connectivity index (χ4n) is 0.908. The average Bonchev–Trinajstić information content (AvgIpc) is 1.97. The highest BCUT2D eigenvalue weighted by atomic mass is 19.1. The average molecular weight is 164 g/mol. The maximum absolute atomic E-state index is 12.5. The highest BCUT2D eigenvalue weighted by molar-refractivity contribution is 5.76. The van der Waals surface area contributed by atoms with Crippen LogP contribution in [-0.4, -0.2) is 40.7 Å². The van der Waals surface area contributed by atoms with E-state index in [9.17, 15) is 9.18 Å². The molecule has 0 bridgehead atoms. The minimum atomic E-state index is -2.12. The fourth-order valence-corrected chi connectivity index (χ4v) is 0.908. The van der Waals surface area contributed by atoms with Crippen molar-refractivity contribution in [2.45, 2.75) is 31.4 Å². The van der Waals surface area contributed by atoms with Gasteiger partial charge in [-0.3, -0.25) is 0 Å². The first-order valence-corrected chi connectivity index (χ1v) is 3.24. The number of esters is 1. The number of cyclic esters (lactones) is 1. The Balaban J connectivity index is 2.70. The molecular formula is C6H9FO4. The lowest BCUT2D eigenvalue weighted by atomic mass is 10.0. The molecule has 0 amide bonds. The molecule has 0 aromatic heterocycles. The summed E-state index contributed by atoms with van der Waals surface area (Å²) >= 11 is 0. The third kappa shape index (κ3) is 1.34. The van der Waals surface area contributed by atoms with E-state index in [1.807, 2.05) is 0 Å². The normalized spacial score (nSPS) is 45.3. The highest BCUT2D eigenvalue weighted by Gasteiger charge is 2.42. The zero-order chi connectivity index (χ0) is 8.59. The largest absolute Gasteiger partial charge is 0.458 e. The van der Waals surface area contributed by atoms with Crippen molar-refractivity contribution >= 4 is 5.97 Å². The van der Waals surface area contributed by atoms with Crippen molar-refractivity contribution in [3.05, 3.63) is 0 Å². The molecule has 0 radical (unpaired) electrons. The molecule has 1 fully saturated rings. The maximum atomic E-state index is 12.5. The van der Waals surface area contributed by atoms with Gasteiger partial charge in [-0.15, -0.1) is 0 Å². The molecule has 4 atom stereocenters. The number of alkyl halides is 1. The van der Waals surface area contributed by atoms with Gasteiger partial charge in [0.15, 0.2) is 0 Å². The summed E-state index contributed by atoms with van der Waals surface area (Å²) in [4.78, 5) is 10.5. The molecule has 1 heterocycles. The summed E-state index contributed by atoms with van der Waals surface area (Å²) < 4.78 is 16.9. The van der Waals surface area contributed by atoms with Gasteiger partial charge in [0.1, 0.15) is 18.3 Å². The lowest BCUT2D eigenvalue weighted by Crippen LogP contribution is -2.52. The number of aliphatic hydroxyl groups excluding tert-OH is 2. The third-order valence-electron chi connectivity index (χ3n) is 1.66. The Kier molecular flexibility index (Phi) is 2.10. The Labute approximate surface area is 62.6 Å². The number of halogens is 1. The van der Waals surface area contributed by atoms with Crippen LogP contribution in [0, 0.1) is 0 Å². The van der Waals surface area contributed by atoms with Gasteiger partial charge in [-0.2, -0.15) is 0 Å². The predicted octanol–water partition coefficient (Wildman–Crippen LogP) is -1.01. The predicted molar refractivity (Wildman–Crippen MR) is 32.5 cm³/mol. The number of carbonyl (C=O) groups excluding carboxylic acids is 1. The van der Waals surface area contributed by atoms with Gasteiger partial charge < -0.3 is 14.9 Å². The Morgan fingerprint density at radius 2 is 2.00 bits per heavy atom. The van der Waals surface area contributed by atoms with Gasteiger partial charge in [-0.25, -0.2) is 9.18 Å². The van der Waals surface area contributed by atoms with Crippen molar-refractivity contribution in [1.29, 1.82) is 0 Å². The molecular weight excluding hydrogens is 155 g/mol. The van der Waals surface area contributed by atoms with Gasteiger partial charge in [0.2, 0.25) is 6.17 Å². The van der Waals surface area contributed by atoms with E-state index in [0.29, 0.717) is 0 Å². The zero-order valence-corrected chi connectivity index (χ0v) is 5.90. The van der Waals surface area contributed by atoms with E-state index in [4.69, 9.17) is 10.2 Å². The van der Waals surface area contributed by atoms with Crippen LogP contribution in [0.1, 0.15) is 6.92 Å². The Bertz CT molecular complexity index is 172. The lowest BCUT2D eigenvalue weighted by molar-refractivity contribution is -0.190. The summed E-state index contributed by atoms with van der Waals surface area (Å²) in [7, 11) is 0. The molecule has 4 unspecified atom stereocenters. The molecule has 0 saturated carbocycles. The number of hydrogen-bond acceptors (Lipinski definition) is 4. The number of rotatable bonds is 0. The molecule has 0 aliphatic carbocycles. The molecule has 1 aliphatic heterocycles. The van der Waals surface area contributed by atoms with Crippen molar-refractivity contribution in [1.82, 2.24) is 0 Å². The Morgan fingerprint density at radius 3 is 2.55 bits per heavy atom. The van der Waals surface area contributed by atoms with E-state index < -0.39 is 30.5 Å². The SMILES string of the molecule is CC1OC(=O)C(F)C(O)C1O. The van der Waals surface area contributed by atoms with E-state index in [-0.39, 0.29) is 0 Å². The Morgan fingerprint density at radius 1 is 1.45 bits per heavy atom. The third-order valence-corrected chi connectivity index (χ3v) is 1.66. The van der Waals surface area contributed by atoms with Crippen molar-refractivity contribution < 1.29 is 24.1 Å². The molecule has 4 nitrogen and oxygen atoms in total. The van der Waals surface area contributed by atoms with E-state index in [0.717, 1.165) is 0 Å². The van der Waals surface area contributed by atoms with Crippen LogP contribution in [0.25, 0.3) is 0 Å². The van der Waals surface area contributed by atoms with Crippen LogP contribution in [0.3, 0.4) is 0 Å². The topological polar surface area (TPSA) is 66.8 Å². The maximum Gasteiger partial charge on any atom is 0.343 e. The zero-order valence-electron chi connectivity index (χ0n) is 5.90. The molecule has 1 rings (SSSR count). The molecule has 0 aromatic rings. The monoisotopic (exact) mass is 164 g/mol. The van der Waals surface area contributed by atoms with E-state index in [1.165, 1.54) is 6.92 Å². The van der Waals surface area contributed by atoms with Crippen molar-refractivity contribution in [2.24, 2.45) is 0 Å². The molecule has 0 aromatic carbocycles. The van der Waals surface area contributed by atoms with Gasteiger partial charge in [0.25, 0.3) is 0 Å². The standard InChI is InChI=1S/C6H9FO4/c1-2-4(8)5(9)3(7)6(10)11-2/h2-5,8-9H,1H3. The van der Waals surface area contributed by atoms with Gasteiger partial charge in [0, 0.05) is 0 Å². The van der Waals surface area contributed by atoms with Crippen molar-refractivity contribution in [3.63, 3.8) is 0 Å².